The summed E-state index contributed by atoms with van der Waals surface area (Å²) < 4.78 is 5.29. The molecular formula is C15H15ClO2. The van der Waals surface area contributed by atoms with Crippen molar-refractivity contribution in [3.8, 4) is 0 Å². The van der Waals surface area contributed by atoms with Gasteiger partial charge in [0.2, 0.25) is 0 Å². The molecule has 0 fully saturated rings. The van der Waals surface area contributed by atoms with Gasteiger partial charge in [-0.05, 0) is 43.2 Å². The smallest absolute Gasteiger partial charge is 0.198 e. The first-order valence-corrected chi connectivity index (χ1v) is 6.30. The number of ketones is 1. The van der Waals surface area contributed by atoms with E-state index < -0.39 is 0 Å². The van der Waals surface area contributed by atoms with Gasteiger partial charge in [0.15, 0.2) is 5.78 Å². The molecule has 1 aromatic heterocycles. The Hall–Kier alpha value is -1.54. The van der Waals surface area contributed by atoms with Gasteiger partial charge in [0, 0.05) is 12.0 Å². The molecule has 0 spiro atoms. The van der Waals surface area contributed by atoms with E-state index in [0.29, 0.717) is 28.3 Å². The van der Waals surface area contributed by atoms with Crippen LogP contribution in [0.15, 0.2) is 28.9 Å². The largest absolute Gasteiger partial charge is 0.469 e. The zero-order valence-corrected chi connectivity index (χ0v) is 11.5. The Morgan fingerprint density at radius 2 is 1.89 bits per heavy atom. The number of aryl methyl sites for hydroxylation is 3. The van der Waals surface area contributed by atoms with Crippen LogP contribution < -0.4 is 0 Å². The van der Waals surface area contributed by atoms with E-state index in [4.69, 9.17) is 16.0 Å². The SMILES string of the molecule is CCc1occc1C(=O)c1cc(C)c(C)cc1Cl. The first-order chi connectivity index (χ1) is 8.54. The molecule has 94 valence electrons. The second-order valence-electron chi connectivity index (χ2n) is 4.36. The molecule has 2 rings (SSSR count). The standard InChI is InChI=1S/C15H15ClO2/c1-4-14-11(5-6-18-14)15(17)12-7-9(2)10(3)8-13(12)16/h5-8H,4H2,1-3H3. The second-order valence-corrected chi connectivity index (χ2v) is 4.76. The van der Waals surface area contributed by atoms with E-state index in [0.717, 1.165) is 11.1 Å². The number of hydrogen-bond acceptors (Lipinski definition) is 2. The fourth-order valence-electron chi connectivity index (χ4n) is 1.92. The molecule has 2 nitrogen and oxygen atoms in total. The van der Waals surface area contributed by atoms with Gasteiger partial charge >= 0.3 is 0 Å². The highest BCUT2D eigenvalue weighted by molar-refractivity contribution is 6.35. The molecule has 18 heavy (non-hydrogen) atoms. The van der Waals surface area contributed by atoms with Crippen molar-refractivity contribution in [2.24, 2.45) is 0 Å². The van der Waals surface area contributed by atoms with Crippen LogP contribution in [0.2, 0.25) is 5.02 Å². The number of carbonyl (C=O) groups is 1. The fraction of sp³-hybridized carbons (Fsp3) is 0.267. The monoisotopic (exact) mass is 262 g/mol. The Morgan fingerprint density at radius 3 is 2.56 bits per heavy atom. The third kappa shape index (κ3) is 2.21. The maximum Gasteiger partial charge on any atom is 0.198 e. The maximum absolute atomic E-state index is 12.4. The van der Waals surface area contributed by atoms with Crippen LogP contribution in [0.25, 0.3) is 0 Å². The van der Waals surface area contributed by atoms with Crippen LogP contribution in [-0.2, 0) is 6.42 Å². The van der Waals surface area contributed by atoms with Crippen molar-refractivity contribution >= 4 is 17.4 Å². The molecule has 1 aromatic carbocycles. The molecular weight excluding hydrogens is 248 g/mol. The lowest BCUT2D eigenvalue weighted by Crippen LogP contribution is -2.04. The van der Waals surface area contributed by atoms with E-state index in [1.54, 1.807) is 12.3 Å². The van der Waals surface area contributed by atoms with Gasteiger partial charge in [-0.2, -0.15) is 0 Å². The zero-order chi connectivity index (χ0) is 13.3. The van der Waals surface area contributed by atoms with Crippen molar-refractivity contribution in [1.82, 2.24) is 0 Å². The molecule has 0 unspecified atom stereocenters. The van der Waals surface area contributed by atoms with Gasteiger partial charge in [0.25, 0.3) is 0 Å². The van der Waals surface area contributed by atoms with E-state index >= 15 is 0 Å². The Morgan fingerprint density at radius 1 is 1.22 bits per heavy atom. The van der Waals surface area contributed by atoms with Crippen LogP contribution >= 0.6 is 11.6 Å². The minimum atomic E-state index is -0.0753. The molecule has 0 bridgehead atoms. The van der Waals surface area contributed by atoms with Crippen molar-refractivity contribution in [3.05, 3.63) is 57.5 Å². The van der Waals surface area contributed by atoms with Gasteiger partial charge in [-0.1, -0.05) is 18.5 Å². The predicted octanol–water partition coefficient (Wildman–Crippen LogP) is 4.34. The number of furan rings is 1. The van der Waals surface area contributed by atoms with Gasteiger partial charge in [-0.3, -0.25) is 4.79 Å². The number of rotatable bonds is 3. The highest BCUT2D eigenvalue weighted by Gasteiger charge is 2.18. The summed E-state index contributed by atoms with van der Waals surface area (Å²) in [6, 6.07) is 5.37. The molecule has 0 aliphatic carbocycles. The van der Waals surface area contributed by atoms with Crippen molar-refractivity contribution in [2.45, 2.75) is 27.2 Å². The van der Waals surface area contributed by atoms with E-state index in [-0.39, 0.29) is 5.78 Å². The maximum atomic E-state index is 12.4. The number of halogens is 1. The first-order valence-electron chi connectivity index (χ1n) is 5.92. The first kappa shape index (κ1) is 12.9. The number of carbonyl (C=O) groups excluding carboxylic acids is 1. The molecule has 0 aliphatic rings. The Kier molecular flexibility index (Phi) is 3.58. The van der Waals surface area contributed by atoms with Crippen molar-refractivity contribution in [1.29, 1.82) is 0 Å². The summed E-state index contributed by atoms with van der Waals surface area (Å²) in [5.41, 5.74) is 3.28. The lowest BCUT2D eigenvalue weighted by molar-refractivity contribution is 0.103. The van der Waals surface area contributed by atoms with Gasteiger partial charge in [0.1, 0.15) is 5.76 Å². The van der Waals surface area contributed by atoms with Gasteiger partial charge in [-0.15, -0.1) is 0 Å². The molecule has 1 heterocycles. The predicted molar refractivity (Wildman–Crippen MR) is 72.4 cm³/mol. The molecule has 0 aliphatic heterocycles. The number of benzene rings is 1. The summed E-state index contributed by atoms with van der Waals surface area (Å²) in [5, 5.41) is 0.492. The van der Waals surface area contributed by atoms with Crippen LogP contribution in [0.4, 0.5) is 0 Å². The van der Waals surface area contributed by atoms with Crippen LogP contribution in [0.3, 0.4) is 0 Å². The summed E-state index contributed by atoms with van der Waals surface area (Å²) in [6.07, 6.45) is 2.23. The van der Waals surface area contributed by atoms with Crippen molar-refractivity contribution < 1.29 is 9.21 Å². The number of hydrogen-bond donors (Lipinski definition) is 0. The van der Waals surface area contributed by atoms with Crippen LogP contribution in [0, 0.1) is 13.8 Å². The minimum absolute atomic E-state index is 0.0753. The average Bonchev–Trinajstić information content (AvgIpc) is 2.81. The summed E-state index contributed by atoms with van der Waals surface area (Å²) >= 11 is 6.16. The van der Waals surface area contributed by atoms with Crippen LogP contribution in [-0.4, -0.2) is 5.78 Å². The summed E-state index contributed by atoms with van der Waals surface area (Å²) in [7, 11) is 0. The average molecular weight is 263 g/mol. The molecule has 0 N–H and O–H groups in total. The topological polar surface area (TPSA) is 30.2 Å². The van der Waals surface area contributed by atoms with E-state index in [1.165, 1.54) is 0 Å². The summed E-state index contributed by atoms with van der Waals surface area (Å²) in [4.78, 5) is 12.4. The quantitative estimate of drug-likeness (QED) is 0.770. The Bertz CT molecular complexity index is 597. The van der Waals surface area contributed by atoms with Gasteiger partial charge < -0.3 is 4.42 Å². The fourth-order valence-corrected chi connectivity index (χ4v) is 2.22. The highest BCUT2D eigenvalue weighted by Crippen LogP contribution is 2.25. The lowest BCUT2D eigenvalue weighted by atomic mass is 9.99. The molecule has 0 amide bonds. The lowest BCUT2D eigenvalue weighted by Gasteiger charge is -2.07. The van der Waals surface area contributed by atoms with Crippen LogP contribution in [0.5, 0.6) is 0 Å². The van der Waals surface area contributed by atoms with Crippen molar-refractivity contribution in [3.63, 3.8) is 0 Å². The molecule has 0 saturated carbocycles. The third-order valence-electron chi connectivity index (χ3n) is 3.14. The molecule has 0 radical (unpaired) electrons. The third-order valence-corrected chi connectivity index (χ3v) is 3.45. The Balaban J connectivity index is 2.50. The molecule has 0 atom stereocenters. The van der Waals surface area contributed by atoms with Gasteiger partial charge in [-0.25, -0.2) is 0 Å². The van der Waals surface area contributed by atoms with E-state index in [2.05, 4.69) is 0 Å². The summed E-state index contributed by atoms with van der Waals surface area (Å²) in [6.45, 7) is 5.90. The highest BCUT2D eigenvalue weighted by atomic mass is 35.5. The van der Waals surface area contributed by atoms with Gasteiger partial charge in [0.05, 0.1) is 16.8 Å². The second kappa shape index (κ2) is 4.99. The summed E-state index contributed by atoms with van der Waals surface area (Å²) in [5.74, 6) is 0.628. The van der Waals surface area contributed by atoms with E-state index in [9.17, 15) is 4.79 Å². The zero-order valence-electron chi connectivity index (χ0n) is 10.7. The molecule has 2 aromatic rings. The van der Waals surface area contributed by atoms with E-state index in [1.807, 2.05) is 32.9 Å². The Labute approximate surface area is 112 Å². The normalized spacial score (nSPS) is 10.7. The van der Waals surface area contributed by atoms with Crippen molar-refractivity contribution in [2.75, 3.05) is 0 Å². The minimum Gasteiger partial charge on any atom is -0.469 e. The molecule has 0 saturated heterocycles. The molecule has 3 heteroatoms. The van der Waals surface area contributed by atoms with Crippen LogP contribution in [0.1, 0.15) is 39.7 Å².